The molecule has 1 fully saturated rings. The maximum absolute atomic E-state index is 9.51. The summed E-state index contributed by atoms with van der Waals surface area (Å²) in [6, 6.07) is 8.58. The first-order valence-electron chi connectivity index (χ1n) is 7.17. The van der Waals surface area contributed by atoms with Crippen LogP contribution < -0.4 is 5.32 Å². The minimum atomic E-state index is -0.0517. The number of nitrogens with one attached hydrogen (secondary N) is 1. The van der Waals surface area contributed by atoms with Crippen molar-refractivity contribution in [3.63, 3.8) is 0 Å². The van der Waals surface area contributed by atoms with Crippen molar-refractivity contribution in [1.29, 1.82) is 0 Å². The third kappa shape index (κ3) is 3.49. The maximum atomic E-state index is 9.51. The fourth-order valence-electron chi connectivity index (χ4n) is 2.76. The molecule has 1 aromatic carbocycles. The molecule has 0 radical (unpaired) electrons. The van der Waals surface area contributed by atoms with Gasteiger partial charge in [0.2, 0.25) is 0 Å². The molecule has 0 heterocycles. The Balaban J connectivity index is 1.90. The van der Waals surface area contributed by atoms with Crippen LogP contribution in [0.1, 0.15) is 51.0 Å². The quantitative estimate of drug-likeness (QED) is 0.848. The second-order valence-electron chi connectivity index (χ2n) is 5.80. The summed E-state index contributed by atoms with van der Waals surface area (Å²) in [6.45, 7) is 5.51. The van der Waals surface area contributed by atoms with E-state index < -0.39 is 0 Å². The molecule has 0 bridgehead atoms. The van der Waals surface area contributed by atoms with Gasteiger partial charge >= 0.3 is 0 Å². The predicted octanol–water partition coefficient (Wildman–Crippen LogP) is 3.77. The fraction of sp³-hybridized carbons (Fsp3) is 0.625. The van der Waals surface area contributed by atoms with Crippen LogP contribution >= 0.6 is 0 Å². The van der Waals surface area contributed by atoms with Crippen LogP contribution in [0.15, 0.2) is 24.3 Å². The van der Waals surface area contributed by atoms with E-state index in [9.17, 15) is 5.11 Å². The van der Waals surface area contributed by atoms with Gasteiger partial charge < -0.3 is 10.4 Å². The molecule has 2 rings (SSSR count). The van der Waals surface area contributed by atoms with E-state index in [0.717, 1.165) is 32.2 Å². The van der Waals surface area contributed by atoms with Crippen molar-refractivity contribution in [2.75, 3.05) is 11.9 Å². The summed E-state index contributed by atoms with van der Waals surface area (Å²) in [5.74, 6) is 1.27. The highest BCUT2D eigenvalue weighted by Crippen LogP contribution is 2.27. The smallest absolute Gasteiger partial charge is 0.0540 e. The standard InChI is InChI=1S/C16H25NO/c1-12(2)15-5-3-4-6-16(15)17-11-13-7-9-14(18)10-8-13/h3-6,12-14,17-18H,7-11H2,1-2H3. The van der Waals surface area contributed by atoms with E-state index in [1.54, 1.807) is 0 Å². The van der Waals surface area contributed by atoms with Crippen molar-refractivity contribution in [3.8, 4) is 0 Å². The fourth-order valence-corrected chi connectivity index (χ4v) is 2.76. The van der Waals surface area contributed by atoms with Crippen LogP contribution in [0.2, 0.25) is 0 Å². The number of aliphatic hydroxyl groups is 1. The normalized spacial score (nSPS) is 24.2. The van der Waals surface area contributed by atoms with Gasteiger partial charge in [0.15, 0.2) is 0 Å². The molecule has 1 aromatic rings. The lowest BCUT2D eigenvalue weighted by Crippen LogP contribution is -2.23. The summed E-state index contributed by atoms with van der Waals surface area (Å²) in [7, 11) is 0. The Labute approximate surface area is 110 Å². The molecule has 0 unspecified atom stereocenters. The minimum Gasteiger partial charge on any atom is -0.393 e. The lowest BCUT2D eigenvalue weighted by atomic mass is 9.87. The van der Waals surface area contributed by atoms with Gasteiger partial charge in [0.05, 0.1) is 6.10 Å². The summed E-state index contributed by atoms with van der Waals surface area (Å²) in [5.41, 5.74) is 2.67. The highest BCUT2D eigenvalue weighted by Gasteiger charge is 2.19. The van der Waals surface area contributed by atoms with Gasteiger partial charge in [-0.15, -0.1) is 0 Å². The van der Waals surface area contributed by atoms with Gasteiger partial charge in [0.1, 0.15) is 0 Å². The van der Waals surface area contributed by atoms with Crippen molar-refractivity contribution in [2.24, 2.45) is 5.92 Å². The van der Waals surface area contributed by atoms with E-state index in [2.05, 4.69) is 43.4 Å². The Morgan fingerprint density at radius 2 is 1.83 bits per heavy atom. The maximum Gasteiger partial charge on any atom is 0.0540 e. The molecule has 18 heavy (non-hydrogen) atoms. The van der Waals surface area contributed by atoms with E-state index in [1.807, 2.05) is 0 Å². The van der Waals surface area contributed by atoms with Gasteiger partial charge in [-0.25, -0.2) is 0 Å². The first kappa shape index (κ1) is 13.4. The van der Waals surface area contributed by atoms with E-state index >= 15 is 0 Å². The van der Waals surface area contributed by atoms with Crippen molar-refractivity contribution >= 4 is 5.69 Å². The third-order valence-electron chi connectivity index (χ3n) is 3.98. The van der Waals surface area contributed by atoms with Crippen LogP contribution in [0, 0.1) is 5.92 Å². The molecular weight excluding hydrogens is 222 g/mol. The van der Waals surface area contributed by atoms with Crippen LogP contribution in [0.4, 0.5) is 5.69 Å². The lowest BCUT2D eigenvalue weighted by molar-refractivity contribution is 0.111. The molecule has 0 aromatic heterocycles. The Hall–Kier alpha value is -1.02. The van der Waals surface area contributed by atoms with E-state index in [1.165, 1.54) is 11.3 Å². The molecular formula is C16H25NO. The lowest BCUT2D eigenvalue weighted by Gasteiger charge is -2.26. The zero-order valence-electron chi connectivity index (χ0n) is 11.5. The van der Waals surface area contributed by atoms with Crippen molar-refractivity contribution in [3.05, 3.63) is 29.8 Å². The Morgan fingerprint density at radius 1 is 1.17 bits per heavy atom. The van der Waals surface area contributed by atoms with Crippen molar-refractivity contribution in [1.82, 2.24) is 0 Å². The van der Waals surface area contributed by atoms with Crippen LogP contribution in [0.25, 0.3) is 0 Å². The molecule has 0 aliphatic heterocycles. The summed E-state index contributed by atoms with van der Waals surface area (Å²) >= 11 is 0. The average Bonchev–Trinajstić information content (AvgIpc) is 2.38. The molecule has 0 atom stereocenters. The summed E-state index contributed by atoms with van der Waals surface area (Å²) < 4.78 is 0. The number of para-hydroxylation sites is 1. The summed E-state index contributed by atoms with van der Waals surface area (Å²) in [6.07, 6.45) is 4.19. The zero-order valence-corrected chi connectivity index (χ0v) is 11.5. The van der Waals surface area contributed by atoms with Crippen LogP contribution in [0.5, 0.6) is 0 Å². The van der Waals surface area contributed by atoms with Gasteiger partial charge in [-0.2, -0.15) is 0 Å². The van der Waals surface area contributed by atoms with E-state index in [-0.39, 0.29) is 6.10 Å². The van der Waals surface area contributed by atoms with Gasteiger partial charge in [0, 0.05) is 12.2 Å². The highest BCUT2D eigenvalue weighted by molar-refractivity contribution is 5.52. The first-order chi connectivity index (χ1) is 8.66. The molecule has 0 amide bonds. The minimum absolute atomic E-state index is 0.0517. The van der Waals surface area contributed by atoms with E-state index in [0.29, 0.717) is 11.8 Å². The zero-order chi connectivity index (χ0) is 13.0. The second kappa shape index (κ2) is 6.24. The average molecular weight is 247 g/mol. The number of anilines is 1. The molecule has 2 N–H and O–H groups in total. The third-order valence-corrected chi connectivity index (χ3v) is 3.98. The first-order valence-corrected chi connectivity index (χ1v) is 7.17. The van der Waals surface area contributed by atoms with Crippen LogP contribution in [-0.4, -0.2) is 17.8 Å². The number of hydrogen-bond acceptors (Lipinski definition) is 2. The molecule has 0 saturated heterocycles. The molecule has 1 aliphatic carbocycles. The number of aliphatic hydroxyl groups excluding tert-OH is 1. The Bertz CT molecular complexity index is 367. The Morgan fingerprint density at radius 3 is 2.50 bits per heavy atom. The predicted molar refractivity (Wildman–Crippen MR) is 77.0 cm³/mol. The van der Waals surface area contributed by atoms with Gasteiger partial charge in [-0.3, -0.25) is 0 Å². The number of benzene rings is 1. The van der Waals surface area contributed by atoms with Gasteiger partial charge in [0.25, 0.3) is 0 Å². The molecule has 2 heteroatoms. The van der Waals surface area contributed by atoms with Gasteiger partial charge in [-0.1, -0.05) is 32.0 Å². The second-order valence-corrected chi connectivity index (χ2v) is 5.80. The van der Waals surface area contributed by atoms with Gasteiger partial charge in [-0.05, 0) is 49.1 Å². The topological polar surface area (TPSA) is 32.3 Å². The molecule has 2 nitrogen and oxygen atoms in total. The number of hydrogen-bond donors (Lipinski definition) is 2. The summed E-state index contributed by atoms with van der Waals surface area (Å²) in [5, 5.41) is 13.1. The molecule has 1 aliphatic rings. The van der Waals surface area contributed by atoms with Crippen molar-refractivity contribution < 1.29 is 5.11 Å². The van der Waals surface area contributed by atoms with Crippen LogP contribution in [0.3, 0.4) is 0 Å². The number of rotatable bonds is 4. The molecule has 0 spiro atoms. The summed E-state index contributed by atoms with van der Waals surface area (Å²) in [4.78, 5) is 0. The Kier molecular flexibility index (Phi) is 4.65. The molecule has 1 saturated carbocycles. The SMILES string of the molecule is CC(C)c1ccccc1NCC1CCC(O)CC1. The largest absolute Gasteiger partial charge is 0.393 e. The van der Waals surface area contributed by atoms with Crippen molar-refractivity contribution in [2.45, 2.75) is 51.6 Å². The van der Waals surface area contributed by atoms with E-state index in [4.69, 9.17) is 0 Å². The molecule has 100 valence electrons. The monoisotopic (exact) mass is 247 g/mol. The van der Waals surface area contributed by atoms with Crippen LogP contribution in [-0.2, 0) is 0 Å². The highest BCUT2D eigenvalue weighted by atomic mass is 16.3.